The van der Waals surface area contributed by atoms with Gasteiger partial charge in [0.2, 0.25) is 5.78 Å². The van der Waals surface area contributed by atoms with Gasteiger partial charge in [0.25, 0.3) is 5.56 Å². The maximum absolute atomic E-state index is 12.9. The van der Waals surface area contributed by atoms with Crippen LogP contribution < -0.4 is 5.56 Å². The number of aromatic amines is 1. The summed E-state index contributed by atoms with van der Waals surface area (Å²) in [5.41, 5.74) is 1.15. The minimum absolute atomic E-state index is 0.270. The Balaban J connectivity index is 2.03. The first-order chi connectivity index (χ1) is 11.7. The van der Waals surface area contributed by atoms with Gasteiger partial charge in [-0.2, -0.15) is 0 Å². The van der Waals surface area contributed by atoms with Gasteiger partial charge in [-0.25, -0.2) is 9.38 Å². The molecule has 0 bridgehead atoms. The number of hydrogen-bond donors (Lipinski definition) is 1. The van der Waals surface area contributed by atoms with Crippen molar-refractivity contribution >= 4 is 32.9 Å². The summed E-state index contributed by atoms with van der Waals surface area (Å²) in [6, 6.07) is 1.64. The Morgan fingerprint density at radius 2 is 2.21 bits per heavy atom. The monoisotopic (exact) mass is 391 g/mol. The van der Waals surface area contributed by atoms with Crippen LogP contribution in [0.1, 0.15) is 26.2 Å². The van der Waals surface area contributed by atoms with E-state index in [1.54, 1.807) is 6.07 Å². The summed E-state index contributed by atoms with van der Waals surface area (Å²) < 4.78 is 8.71. The van der Waals surface area contributed by atoms with Crippen molar-refractivity contribution in [1.82, 2.24) is 34.3 Å². The van der Waals surface area contributed by atoms with Crippen LogP contribution in [-0.2, 0) is 6.54 Å². The standard InChI is InChI=1S/C14H14BrN7O2/c1-2-3-4-6-21-11-9(16-13(15)17-11)12(23)22-10(18-19-14(21)22)8-5-7-24-20-8/h5,7H,2-4,6H2,1H3,(H,16,17). The first kappa shape index (κ1) is 15.1. The Hall–Kier alpha value is -2.49. The van der Waals surface area contributed by atoms with E-state index in [1.165, 1.54) is 10.7 Å². The molecule has 1 N–H and O–H groups in total. The lowest BCUT2D eigenvalue weighted by atomic mass is 10.2. The SMILES string of the molecule is CCCCCn1c2nc(Br)[nH]c2c(=O)n2c(-c3ccon3)nnc12. The van der Waals surface area contributed by atoms with E-state index < -0.39 is 0 Å². The Bertz CT molecular complexity index is 1060. The Morgan fingerprint density at radius 3 is 2.96 bits per heavy atom. The Labute approximate surface area is 143 Å². The predicted octanol–water partition coefficient (Wildman–Crippen LogP) is 2.38. The molecule has 4 aromatic heterocycles. The lowest BCUT2D eigenvalue weighted by Gasteiger charge is -2.08. The van der Waals surface area contributed by atoms with Crippen LogP contribution in [0.5, 0.6) is 0 Å². The van der Waals surface area contributed by atoms with E-state index in [-0.39, 0.29) is 5.56 Å². The van der Waals surface area contributed by atoms with Crippen molar-refractivity contribution in [1.29, 1.82) is 0 Å². The van der Waals surface area contributed by atoms with Gasteiger partial charge in [-0.3, -0.25) is 9.36 Å². The average Bonchev–Trinajstić information content (AvgIpc) is 3.28. The molecule has 9 nitrogen and oxygen atoms in total. The van der Waals surface area contributed by atoms with E-state index in [9.17, 15) is 4.79 Å². The summed E-state index contributed by atoms with van der Waals surface area (Å²) in [7, 11) is 0. The fourth-order valence-electron chi connectivity index (χ4n) is 2.74. The fraction of sp³-hybridized carbons (Fsp3) is 0.357. The molecule has 0 aliphatic carbocycles. The number of unbranched alkanes of at least 4 members (excludes halogenated alkanes) is 2. The van der Waals surface area contributed by atoms with Crippen LogP contribution in [0.3, 0.4) is 0 Å². The van der Waals surface area contributed by atoms with Gasteiger partial charge in [0.15, 0.2) is 27.4 Å². The summed E-state index contributed by atoms with van der Waals surface area (Å²) in [5, 5.41) is 12.2. The number of H-pyrrole nitrogens is 1. The maximum atomic E-state index is 12.9. The first-order valence-corrected chi connectivity index (χ1v) is 8.44. The highest BCUT2D eigenvalue weighted by molar-refractivity contribution is 9.10. The molecule has 0 saturated carbocycles. The highest BCUT2D eigenvalue weighted by atomic mass is 79.9. The van der Waals surface area contributed by atoms with E-state index in [4.69, 9.17) is 4.52 Å². The molecule has 0 aliphatic rings. The van der Waals surface area contributed by atoms with E-state index in [0.29, 0.717) is 39.7 Å². The van der Waals surface area contributed by atoms with Crippen LogP contribution in [0.25, 0.3) is 28.5 Å². The van der Waals surface area contributed by atoms with Gasteiger partial charge in [0.05, 0.1) is 0 Å². The molecule has 0 spiro atoms. The first-order valence-electron chi connectivity index (χ1n) is 7.64. The number of hydrogen-bond acceptors (Lipinski definition) is 6. The molecule has 4 heterocycles. The summed E-state index contributed by atoms with van der Waals surface area (Å²) in [5.74, 6) is 0.793. The average molecular weight is 392 g/mol. The number of nitrogens with one attached hydrogen (secondary N) is 1. The normalized spacial score (nSPS) is 11.8. The Morgan fingerprint density at radius 1 is 1.33 bits per heavy atom. The quantitative estimate of drug-likeness (QED) is 0.413. The van der Waals surface area contributed by atoms with Crippen molar-refractivity contribution in [2.24, 2.45) is 0 Å². The third-order valence-corrected chi connectivity index (χ3v) is 4.24. The predicted molar refractivity (Wildman–Crippen MR) is 89.6 cm³/mol. The molecule has 0 amide bonds. The molecule has 4 aromatic rings. The van der Waals surface area contributed by atoms with Crippen molar-refractivity contribution in [2.75, 3.05) is 0 Å². The molecule has 124 valence electrons. The van der Waals surface area contributed by atoms with Gasteiger partial charge in [0, 0.05) is 12.6 Å². The van der Waals surface area contributed by atoms with E-state index in [2.05, 4.69) is 48.2 Å². The van der Waals surface area contributed by atoms with Crippen molar-refractivity contribution in [2.45, 2.75) is 32.7 Å². The van der Waals surface area contributed by atoms with Crippen LogP contribution in [-0.4, -0.2) is 34.3 Å². The van der Waals surface area contributed by atoms with Crippen LogP contribution >= 0.6 is 15.9 Å². The third kappa shape index (κ3) is 2.25. The zero-order valence-electron chi connectivity index (χ0n) is 12.9. The minimum atomic E-state index is -0.270. The van der Waals surface area contributed by atoms with Crippen LogP contribution in [0.2, 0.25) is 0 Å². The third-order valence-electron chi connectivity index (χ3n) is 3.87. The van der Waals surface area contributed by atoms with Crippen molar-refractivity contribution < 1.29 is 4.52 Å². The van der Waals surface area contributed by atoms with Gasteiger partial charge in [0.1, 0.15) is 6.26 Å². The van der Waals surface area contributed by atoms with Crippen LogP contribution in [0.4, 0.5) is 0 Å². The molecule has 0 fully saturated rings. The van der Waals surface area contributed by atoms with Gasteiger partial charge < -0.3 is 9.51 Å². The molecule has 4 rings (SSSR count). The van der Waals surface area contributed by atoms with E-state index in [0.717, 1.165) is 19.3 Å². The second kappa shape index (κ2) is 5.86. The van der Waals surface area contributed by atoms with Gasteiger partial charge in [-0.15, -0.1) is 10.2 Å². The van der Waals surface area contributed by atoms with Gasteiger partial charge in [-0.1, -0.05) is 24.9 Å². The van der Waals surface area contributed by atoms with Gasteiger partial charge in [-0.05, 0) is 22.4 Å². The second-order valence-corrected chi connectivity index (χ2v) is 6.18. The molecule has 0 aromatic carbocycles. The van der Waals surface area contributed by atoms with Crippen LogP contribution in [0.15, 0.2) is 26.4 Å². The largest absolute Gasteiger partial charge is 0.364 e. The molecular formula is C14H14BrN7O2. The topological polar surface area (TPSA) is 107 Å². The highest BCUT2D eigenvalue weighted by Gasteiger charge is 2.21. The molecule has 0 unspecified atom stereocenters. The number of imidazole rings is 1. The zero-order valence-corrected chi connectivity index (χ0v) is 14.4. The van der Waals surface area contributed by atoms with Gasteiger partial charge >= 0.3 is 0 Å². The summed E-state index contributed by atoms with van der Waals surface area (Å²) >= 11 is 3.30. The Kier molecular flexibility index (Phi) is 3.68. The van der Waals surface area contributed by atoms with E-state index >= 15 is 0 Å². The van der Waals surface area contributed by atoms with Crippen molar-refractivity contribution in [3.8, 4) is 11.5 Å². The highest BCUT2D eigenvalue weighted by Crippen LogP contribution is 2.19. The lowest BCUT2D eigenvalue weighted by molar-refractivity contribution is 0.421. The minimum Gasteiger partial charge on any atom is -0.364 e. The lowest BCUT2D eigenvalue weighted by Crippen LogP contribution is -2.20. The molecule has 0 saturated heterocycles. The zero-order chi connectivity index (χ0) is 16.7. The molecular weight excluding hydrogens is 378 g/mol. The van der Waals surface area contributed by atoms with Crippen molar-refractivity contribution in [3.05, 3.63) is 27.4 Å². The smallest absolute Gasteiger partial charge is 0.286 e. The summed E-state index contributed by atoms with van der Waals surface area (Å²) in [4.78, 5) is 20.2. The number of aryl methyl sites for hydroxylation is 1. The number of aromatic nitrogens is 7. The molecule has 0 aliphatic heterocycles. The second-order valence-electron chi connectivity index (χ2n) is 5.43. The fourth-order valence-corrected chi connectivity index (χ4v) is 3.11. The molecule has 0 radical (unpaired) electrons. The van der Waals surface area contributed by atoms with Crippen LogP contribution in [0, 0.1) is 0 Å². The number of halogens is 1. The van der Waals surface area contributed by atoms with E-state index in [1.807, 2.05) is 4.57 Å². The number of fused-ring (bicyclic) bond motifs is 2. The number of nitrogens with zero attached hydrogens (tertiary/aromatic N) is 6. The molecule has 0 atom stereocenters. The van der Waals surface area contributed by atoms with Crippen molar-refractivity contribution in [3.63, 3.8) is 0 Å². The summed E-state index contributed by atoms with van der Waals surface area (Å²) in [6.07, 6.45) is 4.57. The molecule has 24 heavy (non-hydrogen) atoms. The summed E-state index contributed by atoms with van der Waals surface area (Å²) in [6.45, 7) is 2.84. The number of rotatable bonds is 5. The molecule has 10 heteroatoms. The maximum Gasteiger partial charge on any atom is 0.286 e.